The van der Waals surface area contributed by atoms with E-state index < -0.39 is 0 Å². The Labute approximate surface area is 360 Å². The standard InChI is InChI=1S/C58H66O2/c1-39-4-24-56-52(25-39)21-22-53(32-48-19-17-44(18-20-48)28-43-9-15-47(16-10-43)31-51-37-60-38-51)58(56)57-34-49(33-54-26-40(2)3-23-55(54)57)29-45-11-5-41(6-12-45)27-42-7-13-46(14-8-42)30-50-35-59-36-50/h3-6,11-12,17-26,33-34,42-43,46-47,50-51H,7-10,13-16,27-32,35-38H2,1-2H3. The van der Waals surface area contributed by atoms with Gasteiger partial charge in [-0.2, -0.15) is 0 Å². The first kappa shape index (κ1) is 39.9. The van der Waals surface area contributed by atoms with Crippen LogP contribution in [0.2, 0.25) is 0 Å². The lowest BCUT2D eigenvalue weighted by atomic mass is 9.76. The second kappa shape index (κ2) is 18.0. The zero-order chi connectivity index (χ0) is 40.4. The fourth-order valence-electron chi connectivity index (χ4n) is 11.7. The summed E-state index contributed by atoms with van der Waals surface area (Å²) in [5, 5.41) is 5.35. The molecule has 2 saturated carbocycles. The van der Waals surface area contributed by atoms with Crippen molar-refractivity contribution < 1.29 is 9.47 Å². The highest BCUT2D eigenvalue weighted by atomic mass is 16.5. The fourth-order valence-corrected chi connectivity index (χ4v) is 11.7. The van der Waals surface area contributed by atoms with Gasteiger partial charge in [0.15, 0.2) is 0 Å². The smallest absolute Gasteiger partial charge is 0.0516 e. The van der Waals surface area contributed by atoms with Crippen LogP contribution in [0.15, 0.2) is 109 Å². The molecule has 4 aliphatic rings. The number of aryl methyl sites for hydroxylation is 2. The fraction of sp³-hybridized carbons (Fsp3) is 0.448. The van der Waals surface area contributed by atoms with Crippen molar-refractivity contribution in [3.8, 4) is 11.1 Å². The van der Waals surface area contributed by atoms with Crippen molar-refractivity contribution in [2.45, 2.75) is 104 Å². The summed E-state index contributed by atoms with van der Waals surface area (Å²) < 4.78 is 10.9. The van der Waals surface area contributed by atoms with Gasteiger partial charge < -0.3 is 9.47 Å². The van der Waals surface area contributed by atoms with E-state index in [9.17, 15) is 0 Å². The predicted molar refractivity (Wildman–Crippen MR) is 251 cm³/mol. The van der Waals surface area contributed by atoms with E-state index in [-0.39, 0.29) is 0 Å². The summed E-state index contributed by atoms with van der Waals surface area (Å²) in [6.45, 7) is 8.46. The zero-order valence-electron chi connectivity index (χ0n) is 36.4. The van der Waals surface area contributed by atoms with Crippen molar-refractivity contribution in [2.75, 3.05) is 26.4 Å². The minimum Gasteiger partial charge on any atom is -0.381 e. The molecule has 310 valence electrons. The van der Waals surface area contributed by atoms with Gasteiger partial charge in [0.2, 0.25) is 0 Å². The summed E-state index contributed by atoms with van der Waals surface area (Å²) in [7, 11) is 0. The van der Waals surface area contributed by atoms with Gasteiger partial charge in [-0.3, -0.25) is 0 Å². The zero-order valence-corrected chi connectivity index (χ0v) is 36.4. The van der Waals surface area contributed by atoms with Crippen LogP contribution in [-0.2, 0) is 35.2 Å². The van der Waals surface area contributed by atoms with Crippen LogP contribution in [0, 0.1) is 49.4 Å². The molecular weight excluding hydrogens is 729 g/mol. The van der Waals surface area contributed by atoms with Crippen LogP contribution in [0.3, 0.4) is 0 Å². The molecular formula is C58H66O2. The van der Waals surface area contributed by atoms with Gasteiger partial charge >= 0.3 is 0 Å². The van der Waals surface area contributed by atoms with E-state index in [1.807, 2.05) is 0 Å². The van der Waals surface area contributed by atoms with Gasteiger partial charge in [0.05, 0.1) is 26.4 Å². The number of fused-ring (bicyclic) bond motifs is 2. The number of hydrogen-bond acceptors (Lipinski definition) is 2. The van der Waals surface area contributed by atoms with E-state index in [1.165, 1.54) is 154 Å². The van der Waals surface area contributed by atoms with E-state index in [2.05, 4.69) is 123 Å². The molecule has 0 spiro atoms. The molecule has 6 aromatic carbocycles. The highest BCUT2D eigenvalue weighted by Gasteiger charge is 2.28. The molecule has 2 heterocycles. The van der Waals surface area contributed by atoms with Crippen LogP contribution in [0.5, 0.6) is 0 Å². The summed E-state index contributed by atoms with van der Waals surface area (Å²) in [6.07, 6.45) is 18.3. The average molecular weight is 795 g/mol. The van der Waals surface area contributed by atoms with Crippen LogP contribution in [-0.4, -0.2) is 26.4 Å². The molecule has 2 aliphatic heterocycles. The highest BCUT2D eigenvalue weighted by molar-refractivity contribution is 6.07. The van der Waals surface area contributed by atoms with Crippen molar-refractivity contribution in [3.63, 3.8) is 0 Å². The third-order valence-electron chi connectivity index (χ3n) is 15.3. The van der Waals surface area contributed by atoms with Crippen molar-refractivity contribution in [3.05, 3.63) is 154 Å². The van der Waals surface area contributed by atoms with Crippen molar-refractivity contribution in [2.24, 2.45) is 35.5 Å². The average Bonchev–Trinajstić information content (AvgIpc) is 3.23. The maximum absolute atomic E-state index is 5.45. The molecule has 2 heteroatoms. The van der Waals surface area contributed by atoms with E-state index in [1.54, 1.807) is 0 Å². The third-order valence-corrected chi connectivity index (χ3v) is 15.3. The Balaban J connectivity index is 0.879. The molecule has 0 aromatic heterocycles. The van der Waals surface area contributed by atoms with Gasteiger partial charge in [-0.15, -0.1) is 0 Å². The molecule has 10 rings (SSSR count). The Bertz CT molecular complexity index is 2380. The lowest BCUT2D eigenvalue weighted by Gasteiger charge is -2.34. The van der Waals surface area contributed by atoms with Crippen LogP contribution < -0.4 is 0 Å². The van der Waals surface area contributed by atoms with Gasteiger partial charge in [0.1, 0.15) is 0 Å². The molecule has 0 N–H and O–H groups in total. The largest absolute Gasteiger partial charge is 0.381 e. The van der Waals surface area contributed by atoms with Crippen LogP contribution in [0.4, 0.5) is 0 Å². The monoisotopic (exact) mass is 795 g/mol. The summed E-state index contributed by atoms with van der Waals surface area (Å²) in [4.78, 5) is 0. The molecule has 2 nitrogen and oxygen atoms in total. The Morgan fingerprint density at radius 1 is 0.400 bits per heavy atom. The highest BCUT2D eigenvalue weighted by Crippen LogP contribution is 2.41. The first-order valence-electron chi connectivity index (χ1n) is 23.8. The number of benzene rings is 6. The minimum absolute atomic E-state index is 0.829. The normalized spacial score (nSPS) is 22.5. The van der Waals surface area contributed by atoms with E-state index >= 15 is 0 Å². The SMILES string of the molecule is Cc1ccc2c(-c3c(Cc4ccc(CC5CCC(CC6COC6)CC5)cc4)ccc4cc(C)ccc34)cc(Cc3ccc(CC4CCC(CC5COC5)CC4)cc3)cc2c1. The van der Waals surface area contributed by atoms with Gasteiger partial charge in [0, 0.05) is 11.8 Å². The first-order valence-corrected chi connectivity index (χ1v) is 23.8. The molecule has 4 fully saturated rings. The van der Waals surface area contributed by atoms with E-state index in [4.69, 9.17) is 9.47 Å². The Kier molecular flexibility index (Phi) is 12.0. The Hall–Kier alpha value is -4.24. The molecule has 60 heavy (non-hydrogen) atoms. The number of ether oxygens (including phenoxy) is 2. The van der Waals surface area contributed by atoms with Crippen molar-refractivity contribution in [1.29, 1.82) is 0 Å². The quantitative estimate of drug-likeness (QED) is 0.116. The molecule has 0 atom stereocenters. The lowest BCUT2D eigenvalue weighted by Crippen LogP contribution is -2.30. The second-order valence-electron chi connectivity index (χ2n) is 20.1. The Morgan fingerprint density at radius 2 is 0.883 bits per heavy atom. The maximum Gasteiger partial charge on any atom is 0.0516 e. The van der Waals surface area contributed by atoms with Crippen molar-refractivity contribution in [1.82, 2.24) is 0 Å². The van der Waals surface area contributed by atoms with Crippen LogP contribution in [0.1, 0.15) is 109 Å². The van der Waals surface area contributed by atoms with E-state index in [0.29, 0.717) is 0 Å². The van der Waals surface area contributed by atoms with Gasteiger partial charge in [-0.25, -0.2) is 0 Å². The first-order chi connectivity index (χ1) is 29.4. The van der Waals surface area contributed by atoms with Crippen molar-refractivity contribution >= 4 is 21.5 Å². The second-order valence-corrected chi connectivity index (χ2v) is 20.1. The minimum atomic E-state index is 0.829. The summed E-state index contributed by atoms with van der Waals surface area (Å²) in [5.41, 5.74) is 14.0. The molecule has 0 bridgehead atoms. The topological polar surface area (TPSA) is 18.5 Å². The molecule has 6 aromatic rings. The predicted octanol–water partition coefficient (Wildman–Crippen LogP) is 14.2. The lowest BCUT2D eigenvalue weighted by molar-refractivity contribution is -0.0453. The molecule has 0 amide bonds. The van der Waals surface area contributed by atoms with E-state index in [0.717, 1.165) is 74.8 Å². The molecule has 2 saturated heterocycles. The number of rotatable bonds is 13. The van der Waals surface area contributed by atoms with Gasteiger partial charge in [-0.05, 0) is 168 Å². The summed E-state index contributed by atoms with van der Waals surface area (Å²) in [5.74, 6) is 5.19. The van der Waals surface area contributed by atoms with Crippen LogP contribution >= 0.6 is 0 Å². The number of hydrogen-bond donors (Lipinski definition) is 0. The summed E-state index contributed by atoms with van der Waals surface area (Å²) >= 11 is 0. The van der Waals surface area contributed by atoms with Gasteiger partial charge in [-0.1, -0.05) is 146 Å². The van der Waals surface area contributed by atoms with Gasteiger partial charge in [0.25, 0.3) is 0 Å². The Morgan fingerprint density at radius 3 is 1.42 bits per heavy atom. The summed E-state index contributed by atoms with van der Waals surface area (Å²) in [6, 6.07) is 43.2. The molecule has 0 unspecified atom stereocenters. The molecule has 0 radical (unpaired) electrons. The third kappa shape index (κ3) is 9.31. The molecule has 2 aliphatic carbocycles. The van der Waals surface area contributed by atoms with Crippen LogP contribution in [0.25, 0.3) is 32.7 Å². The maximum atomic E-state index is 5.45.